The lowest BCUT2D eigenvalue weighted by molar-refractivity contribution is 0.0926. The number of carbonyl (C=O) groups is 1. The third-order valence-corrected chi connectivity index (χ3v) is 5.72. The Kier molecular flexibility index (Phi) is 7.47. The highest BCUT2D eigenvalue weighted by Crippen LogP contribution is 2.27. The first kappa shape index (κ1) is 21.6. The van der Waals surface area contributed by atoms with Crippen molar-refractivity contribution >= 4 is 33.4 Å². The van der Waals surface area contributed by atoms with Gasteiger partial charge in [0, 0.05) is 27.7 Å². The fourth-order valence-electron chi connectivity index (χ4n) is 3.26. The largest absolute Gasteiger partial charge is 0.355 e. The molecule has 0 radical (unpaired) electrons. The van der Waals surface area contributed by atoms with Crippen LogP contribution < -0.4 is 5.32 Å². The van der Waals surface area contributed by atoms with Gasteiger partial charge in [-0.1, -0.05) is 76.9 Å². The van der Waals surface area contributed by atoms with Gasteiger partial charge in [-0.2, -0.15) is 0 Å². The van der Waals surface area contributed by atoms with Gasteiger partial charge in [-0.3, -0.25) is 9.69 Å². The lowest BCUT2D eigenvalue weighted by atomic mass is 10.0. The molecule has 1 aromatic heterocycles. The third-order valence-electron chi connectivity index (χ3n) is 4.84. The Morgan fingerprint density at radius 2 is 1.86 bits per heavy atom. The maximum absolute atomic E-state index is 12.7. The molecule has 1 heterocycles. The van der Waals surface area contributed by atoms with Crippen LogP contribution in [-0.2, 0) is 0 Å². The van der Waals surface area contributed by atoms with Gasteiger partial charge in [0.2, 0.25) is 0 Å². The van der Waals surface area contributed by atoms with Crippen LogP contribution in [0.15, 0.2) is 63.6 Å². The molecular formula is C22H23BrClN3O2. The topological polar surface area (TPSA) is 58.4 Å². The highest BCUT2D eigenvalue weighted by molar-refractivity contribution is 9.10. The van der Waals surface area contributed by atoms with Crippen LogP contribution in [0.5, 0.6) is 0 Å². The molecule has 2 aromatic carbocycles. The summed E-state index contributed by atoms with van der Waals surface area (Å²) in [6, 6.07) is 17.0. The van der Waals surface area contributed by atoms with Gasteiger partial charge >= 0.3 is 0 Å². The van der Waals surface area contributed by atoms with Gasteiger partial charge in [0.25, 0.3) is 5.91 Å². The number of likely N-dealkylation sites (N-methyl/N-ethyl adjacent to an activating group) is 1. The quantitative estimate of drug-likeness (QED) is 0.462. The standard InChI is InChI=1S/C22H23BrClN3O2/c1-3-27(4-2)20(17-7-5-6-8-18(17)24)14-25-22(28)19-13-21(29-26-19)15-9-11-16(23)12-10-15/h5-13,20H,3-4,14H2,1-2H3,(H,25,28). The van der Waals surface area contributed by atoms with Crippen LogP contribution in [0.4, 0.5) is 0 Å². The number of hydrogen-bond acceptors (Lipinski definition) is 4. The van der Waals surface area contributed by atoms with Crippen LogP contribution in [0.3, 0.4) is 0 Å². The Labute approximate surface area is 184 Å². The molecule has 0 aliphatic carbocycles. The van der Waals surface area contributed by atoms with Crippen LogP contribution in [0.1, 0.15) is 35.9 Å². The van der Waals surface area contributed by atoms with Gasteiger partial charge in [0.15, 0.2) is 11.5 Å². The molecule has 29 heavy (non-hydrogen) atoms. The first-order valence-corrected chi connectivity index (χ1v) is 10.7. The molecule has 1 amide bonds. The molecule has 0 aliphatic rings. The van der Waals surface area contributed by atoms with Crippen molar-refractivity contribution in [2.24, 2.45) is 0 Å². The van der Waals surface area contributed by atoms with E-state index in [1.54, 1.807) is 6.07 Å². The Morgan fingerprint density at radius 3 is 2.52 bits per heavy atom. The molecule has 152 valence electrons. The number of rotatable bonds is 8. The fourth-order valence-corrected chi connectivity index (χ4v) is 3.78. The molecule has 1 N–H and O–H groups in total. The number of nitrogens with one attached hydrogen (secondary N) is 1. The highest BCUT2D eigenvalue weighted by Gasteiger charge is 2.22. The minimum Gasteiger partial charge on any atom is -0.355 e. The molecule has 0 fully saturated rings. The van der Waals surface area contributed by atoms with Crippen molar-refractivity contribution in [1.29, 1.82) is 0 Å². The van der Waals surface area contributed by atoms with Crippen LogP contribution in [0, 0.1) is 0 Å². The Hall–Kier alpha value is -2.15. The highest BCUT2D eigenvalue weighted by atomic mass is 79.9. The molecule has 0 saturated carbocycles. The molecular weight excluding hydrogens is 454 g/mol. The van der Waals surface area contributed by atoms with Gasteiger partial charge in [-0.25, -0.2) is 0 Å². The van der Waals surface area contributed by atoms with Crippen molar-refractivity contribution in [3.63, 3.8) is 0 Å². The van der Waals surface area contributed by atoms with E-state index in [0.717, 1.165) is 28.7 Å². The van der Waals surface area contributed by atoms with E-state index in [2.05, 4.69) is 45.2 Å². The zero-order valence-corrected chi connectivity index (χ0v) is 18.7. The maximum Gasteiger partial charge on any atom is 0.273 e. The van der Waals surface area contributed by atoms with E-state index in [1.807, 2.05) is 48.5 Å². The number of amides is 1. The summed E-state index contributed by atoms with van der Waals surface area (Å²) in [4.78, 5) is 14.9. The summed E-state index contributed by atoms with van der Waals surface area (Å²) in [5.74, 6) is 0.273. The van der Waals surface area contributed by atoms with Crippen molar-refractivity contribution < 1.29 is 9.32 Å². The Bertz CT molecular complexity index is 955. The number of nitrogens with zero attached hydrogens (tertiary/aromatic N) is 2. The smallest absolute Gasteiger partial charge is 0.273 e. The van der Waals surface area contributed by atoms with Crippen molar-refractivity contribution in [3.05, 3.63) is 75.4 Å². The molecule has 0 saturated heterocycles. The van der Waals surface area contributed by atoms with E-state index in [1.165, 1.54) is 0 Å². The summed E-state index contributed by atoms with van der Waals surface area (Å²) < 4.78 is 6.33. The normalized spacial score (nSPS) is 12.2. The number of aromatic nitrogens is 1. The minimum atomic E-state index is -0.277. The second-order valence-electron chi connectivity index (χ2n) is 6.55. The summed E-state index contributed by atoms with van der Waals surface area (Å²) in [5, 5.41) is 7.60. The van der Waals surface area contributed by atoms with E-state index in [9.17, 15) is 4.79 Å². The van der Waals surface area contributed by atoms with E-state index in [0.29, 0.717) is 17.3 Å². The van der Waals surface area contributed by atoms with Gasteiger partial charge < -0.3 is 9.84 Å². The van der Waals surface area contributed by atoms with E-state index in [-0.39, 0.29) is 17.6 Å². The monoisotopic (exact) mass is 475 g/mol. The summed E-state index contributed by atoms with van der Waals surface area (Å²) in [6.07, 6.45) is 0. The fraction of sp³-hybridized carbons (Fsp3) is 0.273. The summed E-state index contributed by atoms with van der Waals surface area (Å²) >= 11 is 9.83. The molecule has 5 nitrogen and oxygen atoms in total. The molecule has 1 atom stereocenters. The van der Waals surface area contributed by atoms with Crippen molar-refractivity contribution in [2.45, 2.75) is 19.9 Å². The van der Waals surface area contributed by atoms with E-state index >= 15 is 0 Å². The zero-order valence-electron chi connectivity index (χ0n) is 16.4. The van der Waals surface area contributed by atoms with Crippen molar-refractivity contribution in [3.8, 4) is 11.3 Å². The average molecular weight is 477 g/mol. The predicted octanol–water partition coefficient (Wildman–Crippen LogP) is 5.57. The molecule has 0 spiro atoms. The Morgan fingerprint density at radius 1 is 1.17 bits per heavy atom. The third kappa shape index (κ3) is 5.26. The lowest BCUT2D eigenvalue weighted by Crippen LogP contribution is -2.38. The minimum absolute atomic E-state index is 0.0273. The van der Waals surface area contributed by atoms with Crippen molar-refractivity contribution in [2.75, 3.05) is 19.6 Å². The molecule has 0 aliphatic heterocycles. The first-order chi connectivity index (χ1) is 14.0. The molecule has 3 rings (SSSR count). The van der Waals surface area contributed by atoms with E-state index in [4.69, 9.17) is 16.1 Å². The number of hydrogen-bond donors (Lipinski definition) is 1. The van der Waals surface area contributed by atoms with Gasteiger partial charge in [0.1, 0.15) is 0 Å². The second kappa shape index (κ2) is 10.1. The van der Waals surface area contributed by atoms with Crippen LogP contribution >= 0.6 is 27.5 Å². The average Bonchev–Trinajstić information content (AvgIpc) is 3.22. The zero-order chi connectivity index (χ0) is 20.8. The van der Waals surface area contributed by atoms with E-state index < -0.39 is 0 Å². The molecule has 7 heteroatoms. The van der Waals surface area contributed by atoms with Crippen LogP contribution in [0.25, 0.3) is 11.3 Å². The van der Waals surface area contributed by atoms with Crippen molar-refractivity contribution in [1.82, 2.24) is 15.4 Å². The van der Waals surface area contributed by atoms with Gasteiger partial charge in [0.05, 0.1) is 6.04 Å². The predicted molar refractivity (Wildman–Crippen MR) is 119 cm³/mol. The number of carbonyl (C=O) groups excluding carboxylic acids is 1. The van der Waals surface area contributed by atoms with Gasteiger partial charge in [-0.05, 0) is 36.9 Å². The number of benzene rings is 2. The van der Waals surface area contributed by atoms with Crippen LogP contribution in [-0.4, -0.2) is 35.6 Å². The number of halogens is 2. The summed E-state index contributed by atoms with van der Waals surface area (Å²) in [7, 11) is 0. The van der Waals surface area contributed by atoms with Gasteiger partial charge in [-0.15, -0.1) is 0 Å². The summed E-state index contributed by atoms with van der Waals surface area (Å²) in [6.45, 7) is 6.30. The lowest BCUT2D eigenvalue weighted by Gasteiger charge is -2.30. The Balaban J connectivity index is 1.73. The summed E-state index contributed by atoms with van der Waals surface area (Å²) in [5.41, 5.74) is 2.10. The molecule has 3 aromatic rings. The molecule has 0 bridgehead atoms. The molecule has 1 unspecified atom stereocenters. The van der Waals surface area contributed by atoms with Crippen LogP contribution in [0.2, 0.25) is 5.02 Å². The maximum atomic E-state index is 12.7. The first-order valence-electron chi connectivity index (χ1n) is 9.52. The second-order valence-corrected chi connectivity index (χ2v) is 7.87. The SMILES string of the molecule is CCN(CC)C(CNC(=O)c1cc(-c2ccc(Br)cc2)on1)c1ccccc1Cl.